The number of pyridine rings is 1. The molecule has 3 N–H and O–H groups in total. The molecular weight excluding hydrogens is 252 g/mol. The molecule has 1 amide bonds. The van der Waals surface area contributed by atoms with Crippen LogP contribution in [0.4, 0.5) is 5.82 Å². The molecule has 0 radical (unpaired) electrons. The number of carbonyl (C=O) groups excluding carboxylic acids is 1. The first-order chi connectivity index (χ1) is 9.58. The average Bonchev–Trinajstić information content (AvgIpc) is 2.98. The van der Waals surface area contributed by atoms with Gasteiger partial charge in [0.05, 0.1) is 6.04 Å². The van der Waals surface area contributed by atoms with Crippen LogP contribution in [0.3, 0.4) is 0 Å². The van der Waals surface area contributed by atoms with Crippen molar-refractivity contribution in [3.8, 4) is 0 Å². The third-order valence-corrected chi connectivity index (χ3v) is 3.73. The molecule has 0 bridgehead atoms. The first-order valence-corrected chi connectivity index (χ1v) is 7.31. The zero-order chi connectivity index (χ0) is 14.5. The van der Waals surface area contributed by atoms with E-state index in [9.17, 15) is 4.79 Å². The van der Waals surface area contributed by atoms with Crippen LogP contribution in [-0.4, -0.2) is 30.0 Å². The molecule has 0 saturated carbocycles. The number of hydrogen-bond donors (Lipinski definition) is 2. The number of nitrogens with zero attached hydrogens (tertiary/aromatic N) is 2. The second kappa shape index (κ2) is 6.70. The van der Waals surface area contributed by atoms with Crippen LogP contribution in [0, 0.1) is 5.92 Å². The lowest BCUT2D eigenvalue weighted by Crippen LogP contribution is -2.43. The van der Waals surface area contributed by atoms with E-state index in [0.29, 0.717) is 6.54 Å². The summed E-state index contributed by atoms with van der Waals surface area (Å²) in [4.78, 5) is 18.5. The van der Waals surface area contributed by atoms with E-state index >= 15 is 0 Å². The molecule has 1 aliphatic heterocycles. The Kier molecular flexibility index (Phi) is 4.95. The second-order valence-electron chi connectivity index (χ2n) is 5.71. The molecule has 5 nitrogen and oxygen atoms in total. The summed E-state index contributed by atoms with van der Waals surface area (Å²) < 4.78 is 0. The molecule has 110 valence electrons. The first-order valence-electron chi connectivity index (χ1n) is 7.31. The fourth-order valence-electron chi connectivity index (χ4n) is 2.26. The highest BCUT2D eigenvalue weighted by Gasteiger charge is 2.17. The van der Waals surface area contributed by atoms with Gasteiger partial charge in [0.25, 0.3) is 0 Å². The van der Waals surface area contributed by atoms with Gasteiger partial charge in [0.15, 0.2) is 0 Å². The summed E-state index contributed by atoms with van der Waals surface area (Å²) >= 11 is 0. The van der Waals surface area contributed by atoms with Gasteiger partial charge in [-0.3, -0.25) is 4.79 Å². The Morgan fingerprint density at radius 1 is 1.40 bits per heavy atom. The van der Waals surface area contributed by atoms with Crippen LogP contribution in [0.2, 0.25) is 0 Å². The third-order valence-electron chi connectivity index (χ3n) is 3.73. The summed E-state index contributed by atoms with van der Waals surface area (Å²) in [6.07, 6.45) is 4.31. The Morgan fingerprint density at radius 3 is 2.65 bits per heavy atom. The van der Waals surface area contributed by atoms with Gasteiger partial charge in [-0.2, -0.15) is 0 Å². The summed E-state index contributed by atoms with van der Waals surface area (Å²) in [5.74, 6) is 1.06. The van der Waals surface area contributed by atoms with Gasteiger partial charge in [-0.15, -0.1) is 0 Å². The smallest absolute Gasteiger partial charge is 0.237 e. The molecule has 0 spiro atoms. The predicted octanol–water partition coefficient (Wildman–Crippen LogP) is 1.28. The lowest BCUT2D eigenvalue weighted by molar-refractivity contribution is -0.123. The molecule has 1 aromatic heterocycles. The van der Waals surface area contributed by atoms with Crippen molar-refractivity contribution < 1.29 is 4.79 Å². The van der Waals surface area contributed by atoms with E-state index in [4.69, 9.17) is 5.73 Å². The molecule has 1 atom stereocenters. The van der Waals surface area contributed by atoms with Gasteiger partial charge >= 0.3 is 0 Å². The van der Waals surface area contributed by atoms with Crippen LogP contribution in [0.25, 0.3) is 0 Å². The summed E-state index contributed by atoms with van der Waals surface area (Å²) in [7, 11) is 0. The van der Waals surface area contributed by atoms with Gasteiger partial charge in [-0.25, -0.2) is 4.98 Å². The fourth-order valence-corrected chi connectivity index (χ4v) is 2.26. The van der Waals surface area contributed by atoms with Crippen molar-refractivity contribution in [3.05, 3.63) is 23.9 Å². The molecule has 0 aliphatic carbocycles. The molecule has 1 aliphatic rings. The lowest BCUT2D eigenvalue weighted by Gasteiger charge is -2.17. The van der Waals surface area contributed by atoms with Crippen LogP contribution in [0.15, 0.2) is 18.3 Å². The molecule has 5 heteroatoms. The summed E-state index contributed by atoms with van der Waals surface area (Å²) in [6.45, 7) is 6.54. The normalized spacial score (nSPS) is 16.5. The summed E-state index contributed by atoms with van der Waals surface area (Å²) in [5.41, 5.74) is 6.79. The third kappa shape index (κ3) is 3.70. The Labute approximate surface area is 120 Å². The van der Waals surface area contributed by atoms with E-state index in [1.807, 2.05) is 32.2 Å². The highest BCUT2D eigenvalue weighted by Crippen LogP contribution is 2.17. The molecule has 1 saturated heterocycles. The topological polar surface area (TPSA) is 71.2 Å². The van der Waals surface area contributed by atoms with Crippen molar-refractivity contribution in [2.45, 2.75) is 39.3 Å². The van der Waals surface area contributed by atoms with Crippen molar-refractivity contribution in [2.75, 3.05) is 18.0 Å². The van der Waals surface area contributed by atoms with Crippen LogP contribution in [-0.2, 0) is 11.3 Å². The quantitative estimate of drug-likeness (QED) is 0.850. The minimum atomic E-state index is -0.452. The van der Waals surface area contributed by atoms with Crippen molar-refractivity contribution >= 4 is 11.7 Å². The maximum Gasteiger partial charge on any atom is 0.237 e. The number of aromatic nitrogens is 1. The molecule has 0 unspecified atom stereocenters. The molecular formula is C15H24N4O. The van der Waals surface area contributed by atoms with Gasteiger partial charge in [0, 0.05) is 25.8 Å². The van der Waals surface area contributed by atoms with Crippen molar-refractivity contribution in [1.29, 1.82) is 0 Å². The van der Waals surface area contributed by atoms with Gasteiger partial charge in [0.2, 0.25) is 5.91 Å². The highest BCUT2D eigenvalue weighted by molar-refractivity contribution is 5.81. The highest BCUT2D eigenvalue weighted by atomic mass is 16.2. The summed E-state index contributed by atoms with van der Waals surface area (Å²) in [5, 5.41) is 2.85. The zero-order valence-electron chi connectivity index (χ0n) is 12.3. The number of nitrogens with one attached hydrogen (secondary N) is 1. The van der Waals surface area contributed by atoms with E-state index in [1.165, 1.54) is 12.8 Å². The lowest BCUT2D eigenvalue weighted by atomic mass is 10.1. The number of carbonyl (C=O) groups is 1. The Bertz CT molecular complexity index is 438. The van der Waals surface area contributed by atoms with Crippen molar-refractivity contribution in [2.24, 2.45) is 11.7 Å². The Hall–Kier alpha value is -1.62. The van der Waals surface area contributed by atoms with Gasteiger partial charge < -0.3 is 16.0 Å². The van der Waals surface area contributed by atoms with Crippen LogP contribution < -0.4 is 16.0 Å². The monoisotopic (exact) mass is 276 g/mol. The number of nitrogens with two attached hydrogens (primary N) is 1. The molecule has 2 rings (SSSR count). The maximum atomic E-state index is 11.8. The molecule has 0 aromatic carbocycles. The van der Waals surface area contributed by atoms with Crippen molar-refractivity contribution in [3.63, 3.8) is 0 Å². The summed E-state index contributed by atoms with van der Waals surface area (Å²) in [6, 6.07) is 3.59. The van der Waals surface area contributed by atoms with E-state index < -0.39 is 6.04 Å². The predicted molar refractivity (Wildman–Crippen MR) is 80.3 cm³/mol. The van der Waals surface area contributed by atoms with Crippen LogP contribution in [0.5, 0.6) is 0 Å². The standard InChI is InChI=1S/C15H24N4O/c1-11(2)14(16)15(20)18-10-12-5-6-13(17-9-12)19-7-3-4-8-19/h5-6,9,11,14H,3-4,7-8,10,16H2,1-2H3,(H,18,20)/t14-/m0/s1. The van der Waals surface area contributed by atoms with Crippen LogP contribution in [0.1, 0.15) is 32.3 Å². The van der Waals surface area contributed by atoms with Crippen molar-refractivity contribution in [1.82, 2.24) is 10.3 Å². The Balaban J connectivity index is 1.86. The Morgan fingerprint density at radius 2 is 2.10 bits per heavy atom. The number of rotatable bonds is 5. The maximum absolute atomic E-state index is 11.8. The van der Waals surface area contributed by atoms with E-state index in [-0.39, 0.29) is 11.8 Å². The van der Waals surface area contributed by atoms with Crippen LogP contribution >= 0.6 is 0 Å². The average molecular weight is 276 g/mol. The number of amides is 1. The molecule has 1 fully saturated rings. The zero-order valence-corrected chi connectivity index (χ0v) is 12.3. The van der Waals surface area contributed by atoms with E-state index in [2.05, 4.69) is 15.2 Å². The minimum absolute atomic E-state index is 0.108. The minimum Gasteiger partial charge on any atom is -0.357 e. The fraction of sp³-hybridized carbons (Fsp3) is 0.600. The van der Waals surface area contributed by atoms with E-state index in [1.54, 1.807) is 0 Å². The first kappa shape index (κ1) is 14.8. The molecule has 20 heavy (non-hydrogen) atoms. The second-order valence-corrected chi connectivity index (χ2v) is 5.71. The largest absolute Gasteiger partial charge is 0.357 e. The molecule has 1 aromatic rings. The van der Waals surface area contributed by atoms with E-state index in [0.717, 1.165) is 24.5 Å². The van der Waals surface area contributed by atoms with Gasteiger partial charge in [0.1, 0.15) is 5.82 Å². The number of anilines is 1. The van der Waals surface area contributed by atoms with Gasteiger partial charge in [-0.1, -0.05) is 19.9 Å². The number of hydrogen-bond acceptors (Lipinski definition) is 4. The van der Waals surface area contributed by atoms with Gasteiger partial charge in [-0.05, 0) is 30.4 Å². The SMILES string of the molecule is CC(C)[C@H](N)C(=O)NCc1ccc(N2CCCC2)nc1. The molecule has 2 heterocycles.